The Bertz CT molecular complexity index is 1740. The molecule has 57 heavy (non-hydrogen) atoms. The molecular formula is C37H55N9O9S2. The number of aromatic nitrogens is 1. The van der Waals surface area contributed by atoms with Crippen LogP contribution in [0.1, 0.15) is 58.4 Å². The summed E-state index contributed by atoms with van der Waals surface area (Å²) in [5, 5.41) is 23.1. The minimum Gasteiger partial charge on any atom is -0.481 e. The first kappa shape index (κ1) is 46.6. The van der Waals surface area contributed by atoms with Gasteiger partial charge in [-0.05, 0) is 71.3 Å². The van der Waals surface area contributed by atoms with Gasteiger partial charge in [-0.15, -0.1) is 0 Å². The van der Waals surface area contributed by atoms with Gasteiger partial charge in [-0.3, -0.25) is 38.4 Å². The van der Waals surface area contributed by atoms with Gasteiger partial charge in [0.2, 0.25) is 41.4 Å². The highest BCUT2D eigenvalue weighted by Gasteiger charge is 2.34. The lowest BCUT2D eigenvalue weighted by atomic mass is 10.1. The molecule has 1 aliphatic heterocycles. The minimum absolute atomic E-state index is 0.00908. The fourth-order valence-electron chi connectivity index (χ4n) is 5.98. The third kappa shape index (κ3) is 15.2. The topological polar surface area (TPSA) is 265 Å². The molecule has 3 rings (SSSR count). The molecule has 5 atom stereocenters. The van der Waals surface area contributed by atoms with Crippen LogP contribution in [0, 0.1) is 0 Å². The molecule has 2 heterocycles. The summed E-state index contributed by atoms with van der Waals surface area (Å²) in [6, 6.07) is 1.34. The minimum atomic E-state index is -1.64. The highest BCUT2D eigenvalue weighted by molar-refractivity contribution is 8.76. The van der Waals surface area contributed by atoms with Gasteiger partial charge in [0.05, 0.1) is 13.0 Å². The maximum Gasteiger partial charge on any atom is 0.305 e. The maximum absolute atomic E-state index is 14.0. The number of carbonyl (C=O) groups excluding carboxylic acids is 7. The van der Waals surface area contributed by atoms with Crippen LogP contribution in [0.2, 0.25) is 0 Å². The number of para-hydroxylation sites is 1. The van der Waals surface area contributed by atoms with Crippen molar-refractivity contribution < 1.29 is 43.5 Å². The number of carboxylic acid groups (broad SMARTS) is 1. The molecule has 1 aromatic carbocycles. The molecule has 0 spiro atoms. The molecule has 0 aliphatic carbocycles. The third-order valence-electron chi connectivity index (χ3n) is 9.47. The lowest BCUT2D eigenvalue weighted by molar-refractivity contribution is -0.144. The number of fused-ring (bicyclic) bond motifs is 1. The predicted molar refractivity (Wildman–Crippen MR) is 218 cm³/mol. The van der Waals surface area contributed by atoms with E-state index in [0.29, 0.717) is 18.6 Å². The molecule has 5 unspecified atom stereocenters. The second-order valence-corrected chi connectivity index (χ2v) is 16.4. The maximum atomic E-state index is 14.0. The number of H-pyrrole nitrogens is 1. The number of nitrogens with zero attached hydrogens (tertiary/aromatic N) is 2. The molecule has 1 aliphatic rings. The summed E-state index contributed by atoms with van der Waals surface area (Å²) < 4.78 is 0. The predicted octanol–water partition coefficient (Wildman–Crippen LogP) is -0.130. The van der Waals surface area contributed by atoms with Crippen LogP contribution >= 0.6 is 21.6 Å². The summed E-state index contributed by atoms with van der Waals surface area (Å²) in [7, 11) is 4.44. The fourth-order valence-corrected chi connectivity index (χ4v) is 8.15. The average molecular weight is 834 g/mol. The number of carboxylic acids is 1. The second-order valence-electron chi connectivity index (χ2n) is 13.8. The molecule has 20 heteroatoms. The highest BCUT2D eigenvalue weighted by Crippen LogP contribution is 2.23. The monoisotopic (exact) mass is 833 g/mol. The van der Waals surface area contributed by atoms with Crippen LogP contribution in [0.25, 0.3) is 10.9 Å². The quantitative estimate of drug-likeness (QED) is 0.103. The van der Waals surface area contributed by atoms with E-state index in [1.165, 1.54) is 40.3 Å². The Morgan fingerprint density at radius 3 is 2.35 bits per heavy atom. The van der Waals surface area contributed by atoms with Crippen LogP contribution in [0.3, 0.4) is 0 Å². The zero-order valence-electron chi connectivity index (χ0n) is 32.8. The van der Waals surface area contributed by atoms with Crippen LogP contribution in [-0.4, -0.2) is 142 Å². The molecule has 9 N–H and O–H groups in total. The molecule has 0 saturated carbocycles. The van der Waals surface area contributed by atoms with E-state index < -0.39 is 90.5 Å². The van der Waals surface area contributed by atoms with Gasteiger partial charge in [-0.1, -0.05) is 46.7 Å². The fraction of sp³-hybridized carbons (Fsp3) is 0.568. The number of benzene rings is 1. The largest absolute Gasteiger partial charge is 0.481 e. The van der Waals surface area contributed by atoms with Crippen molar-refractivity contribution in [2.75, 3.05) is 44.7 Å². The van der Waals surface area contributed by atoms with Crippen molar-refractivity contribution in [3.63, 3.8) is 0 Å². The van der Waals surface area contributed by atoms with Crippen molar-refractivity contribution in [2.24, 2.45) is 5.73 Å². The van der Waals surface area contributed by atoms with Gasteiger partial charge >= 0.3 is 5.97 Å². The number of aromatic amines is 1. The molecule has 1 fully saturated rings. The van der Waals surface area contributed by atoms with E-state index in [4.69, 9.17) is 5.73 Å². The van der Waals surface area contributed by atoms with Gasteiger partial charge in [0.25, 0.3) is 0 Å². The third-order valence-corrected chi connectivity index (χ3v) is 11.9. The number of nitrogens with two attached hydrogens (primary N) is 1. The Balaban J connectivity index is 1.87. The van der Waals surface area contributed by atoms with Gasteiger partial charge < -0.3 is 52.2 Å². The molecule has 18 nitrogen and oxygen atoms in total. The van der Waals surface area contributed by atoms with E-state index >= 15 is 0 Å². The van der Waals surface area contributed by atoms with Crippen molar-refractivity contribution in [3.05, 3.63) is 36.0 Å². The SMILES string of the molecule is CCN(C)CCCCC1NC(=O)CCSSCC(C(N)=O)NC(=O)C(C)N(CCc2c[nH]c3ccccc23)C(=O)C(C)NC(=O)C(CC(=O)O)NC(=O)CNC1=O. The summed E-state index contributed by atoms with van der Waals surface area (Å²) in [6.07, 6.45) is 2.90. The average Bonchev–Trinajstić information content (AvgIpc) is 3.59. The number of aliphatic carboxylic acids is 1. The molecule has 314 valence electrons. The molecule has 7 amide bonds. The van der Waals surface area contributed by atoms with Crippen LogP contribution < -0.4 is 32.3 Å². The lowest BCUT2D eigenvalue weighted by Gasteiger charge is -2.32. The Hall–Kier alpha value is -4.82. The number of unbranched alkanes of at least 4 members (excludes halogenated alkanes) is 1. The van der Waals surface area contributed by atoms with Gasteiger partial charge in [-0.2, -0.15) is 0 Å². The van der Waals surface area contributed by atoms with Crippen molar-refractivity contribution in [1.29, 1.82) is 0 Å². The second kappa shape index (κ2) is 23.4. The number of amides is 7. The first-order chi connectivity index (χ1) is 27.1. The van der Waals surface area contributed by atoms with Crippen molar-refractivity contribution in [3.8, 4) is 0 Å². The van der Waals surface area contributed by atoms with E-state index in [9.17, 15) is 43.5 Å². The van der Waals surface area contributed by atoms with Crippen molar-refractivity contribution in [1.82, 2.24) is 41.4 Å². The first-order valence-electron chi connectivity index (χ1n) is 18.9. The molecule has 0 bridgehead atoms. The molecule has 2 aromatic rings. The summed E-state index contributed by atoms with van der Waals surface area (Å²) in [4.78, 5) is 111. The van der Waals surface area contributed by atoms with Gasteiger partial charge in [0.15, 0.2) is 0 Å². The number of nitrogens with one attached hydrogen (secondary N) is 6. The normalized spacial score (nSPS) is 23.0. The number of primary amides is 1. The smallest absolute Gasteiger partial charge is 0.305 e. The van der Waals surface area contributed by atoms with Crippen molar-refractivity contribution in [2.45, 2.75) is 89.5 Å². The number of carbonyl (C=O) groups is 8. The molecular weight excluding hydrogens is 779 g/mol. The van der Waals surface area contributed by atoms with Gasteiger partial charge in [-0.25, -0.2) is 0 Å². The molecule has 1 saturated heterocycles. The molecule has 1 aromatic heterocycles. The first-order valence-corrected chi connectivity index (χ1v) is 21.4. The van der Waals surface area contributed by atoms with E-state index in [2.05, 4.69) is 36.5 Å². The van der Waals surface area contributed by atoms with Gasteiger partial charge in [0, 0.05) is 41.6 Å². The van der Waals surface area contributed by atoms with Crippen LogP contribution in [-0.2, 0) is 44.8 Å². The van der Waals surface area contributed by atoms with E-state index in [1.807, 2.05) is 38.2 Å². The number of hydrogen-bond acceptors (Lipinski definition) is 11. The highest BCUT2D eigenvalue weighted by atomic mass is 33.1. The van der Waals surface area contributed by atoms with Crippen LogP contribution in [0.5, 0.6) is 0 Å². The van der Waals surface area contributed by atoms with Crippen LogP contribution in [0.4, 0.5) is 0 Å². The Morgan fingerprint density at radius 2 is 1.65 bits per heavy atom. The summed E-state index contributed by atoms with van der Waals surface area (Å²) in [5.41, 5.74) is 7.37. The molecule has 0 radical (unpaired) electrons. The number of rotatable bonds is 12. The number of hydrogen-bond donors (Lipinski definition) is 8. The zero-order chi connectivity index (χ0) is 42.1. The Labute approximate surface area is 339 Å². The summed E-state index contributed by atoms with van der Waals surface area (Å²) >= 11 is 0. The van der Waals surface area contributed by atoms with Gasteiger partial charge in [0.1, 0.15) is 30.2 Å². The van der Waals surface area contributed by atoms with E-state index in [0.717, 1.165) is 36.0 Å². The lowest BCUT2D eigenvalue weighted by Crippen LogP contribution is -2.59. The zero-order valence-corrected chi connectivity index (χ0v) is 34.4. The van der Waals surface area contributed by atoms with E-state index in [1.54, 1.807) is 6.20 Å². The van der Waals surface area contributed by atoms with Crippen LogP contribution in [0.15, 0.2) is 30.5 Å². The summed E-state index contributed by atoms with van der Waals surface area (Å²) in [6.45, 7) is 5.86. The van der Waals surface area contributed by atoms with E-state index in [-0.39, 0.29) is 25.1 Å². The Morgan fingerprint density at radius 1 is 0.930 bits per heavy atom. The standard InChI is InChI=1S/C37H55N9O9S2/c1-5-45(4)15-9-8-12-27-35(53)40-20-31(48)43-28(18-32(49)50)36(54)41-22(2)37(55)46(16-13-24-19-39-26-11-7-6-10-25(24)26)23(3)34(52)44-29(33(38)51)21-57-56-17-14-30(47)42-27/h6-7,10-11,19,22-23,27-29,39H,5,8-9,12-18,20-21H2,1-4H3,(H2,38,51)(H,40,53)(H,41,54)(H,42,47)(H,43,48)(H,44,52)(H,49,50). The summed E-state index contributed by atoms with van der Waals surface area (Å²) in [5.74, 6) is -6.18. The Kier molecular flexibility index (Phi) is 19.1. The van der Waals surface area contributed by atoms with Crippen molar-refractivity contribution >= 4 is 79.8 Å².